The molecule has 0 saturated carbocycles. The van der Waals surface area contributed by atoms with Crippen molar-refractivity contribution in [3.63, 3.8) is 0 Å². The van der Waals surface area contributed by atoms with Crippen molar-refractivity contribution in [2.24, 2.45) is 0 Å². The maximum Gasteiger partial charge on any atom is 0.0594 e. The fraction of sp³-hybridized carbons (Fsp3) is 0.385. The SMILES string of the molecule is Cc1cccc(Cn2cccc2CN(CCN2CCOCC2)Cc2ccc(Cl)cc2Cl)c1. The summed E-state index contributed by atoms with van der Waals surface area (Å²) < 4.78 is 7.85. The molecule has 1 saturated heterocycles. The van der Waals surface area contributed by atoms with Crippen LogP contribution in [0.4, 0.5) is 0 Å². The zero-order valence-corrected chi connectivity index (χ0v) is 20.2. The Hall–Kier alpha value is -1.82. The van der Waals surface area contributed by atoms with Crippen LogP contribution in [0.2, 0.25) is 10.0 Å². The van der Waals surface area contributed by atoms with E-state index in [2.05, 4.69) is 63.9 Å². The smallest absolute Gasteiger partial charge is 0.0594 e. The van der Waals surface area contributed by atoms with E-state index in [0.29, 0.717) is 5.02 Å². The van der Waals surface area contributed by atoms with Gasteiger partial charge in [0.25, 0.3) is 0 Å². The summed E-state index contributed by atoms with van der Waals surface area (Å²) in [5, 5.41) is 1.40. The number of benzene rings is 2. The van der Waals surface area contributed by atoms with Crippen molar-refractivity contribution < 1.29 is 4.74 Å². The van der Waals surface area contributed by atoms with Gasteiger partial charge in [-0.05, 0) is 42.3 Å². The second-order valence-corrected chi connectivity index (χ2v) is 9.36. The number of nitrogens with zero attached hydrogens (tertiary/aromatic N) is 3. The number of hydrogen-bond donors (Lipinski definition) is 0. The summed E-state index contributed by atoms with van der Waals surface area (Å²) in [5.41, 5.74) is 5.03. The monoisotopic (exact) mass is 471 g/mol. The molecule has 0 amide bonds. The highest BCUT2D eigenvalue weighted by Crippen LogP contribution is 2.23. The molecule has 1 aliphatic rings. The standard InChI is InChI=1S/C26H31Cl2N3O/c1-21-4-2-5-22(16-21)18-31-9-3-6-25(31)20-30(11-10-29-12-14-32-15-13-29)19-23-7-8-24(27)17-26(23)28/h2-9,16-17H,10-15,18-20H2,1H3. The van der Waals surface area contributed by atoms with E-state index in [1.807, 2.05) is 18.2 Å². The first-order chi connectivity index (χ1) is 15.6. The van der Waals surface area contributed by atoms with Gasteiger partial charge < -0.3 is 9.30 Å². The predicted octanol–water partition coefficient (Wildman–Crippen LogP) is 5.49. The molecule has 0 bridgehead atoms. The van der Waals surface area contributed by atoms with Gasteiger partial charge in [-0.15, -0.1) is 0 Å². The van der Waals surface area contributed by atoms with E-state index in [9.17, 15) is 0 Å². The van der Waals surface area contributed by atoms with E-state index >= 15 is 0 Å². The molecule has 32 heavy (non-hydrogen) atoms. The van der Waals surface area contributed by atoms with Crippen molar-refractivity contribution in [3.05, 3.63) is 93.2 Å². The fourth-order valence-corrected chi connectivity index (χ4v) is 4.66. The predicted molar refractivity (Wildman–Crippen MR) is 133 cm³/mol. The van der Waals surface area contributed by atoms with Crippen LogP contribution in [-0.4, -0.2) is 53.8 Å². The number of hydrogen-bond acceptors (Lipinski definition) is 3. The van der Waals surface area contributed by atoms with Crippen molar-refractivity contribution in [2.75, 3.05) is 39.4 Å². The van der Waals surface area contributed by atoms with E-state index in [-0.39, 0.29) is 0 Å². The number of aryl methyl sites for hydroxylation is 1. The maximum atomic E-state index is 6.51. The van der Waals surface area contributed by atoms with Crippen LogP contribution in [0, 0.1) is 6.92 Å². The first kappa shape index (κ1) is 23.3. The number of halogens is 2. The maximum absolute atomic E-state index is 6.51. The highest BCUT2D eigenvalue weighted by molar-refractivity contribution is 6.35. The normalized spacial score (nSPS) is 14.9. The summed E-state index contributed by atoms with van der Waals surface area (Å²) in [5.74, 6) is 0. The van der Waals surface area contributed by atoms with Crippen molar-refractivity contribution in [3.8, 4) is 0 Å². The Bertz CT molecular complexity index is 1010. The van der Waals surface area contributed by atoms with Gasteiger partial charge in [0.2, 0.25) is 0 Å². The molecule has 0 N–H and O–H groups in total. The molecular weight excluding hydrogens is 441 g/mol. The van der Waals surface area contributed by atoms with E-state index in [0.717, 1.165) is 69.6 Å². The van der Waals surface area contributed by atoms with Crippen LogP contribution < -0.4 is 0 Å². The van der Waals surface area contributed by atoms with Gasteiger partial charge in [-0.3, -0.25) is 9.80 Å². The number of ether oxygens (including phenoxy) is 1. The van der Waals surface area contributed by atoms with E-state index in [1.165, 1.54) is 16.8 Å². The summed E-state index contributed by atoms with van der Waals surface area (Å²) >= 11 is 12.6. The molecule has 0 radical (unpaired) electrons. The third-order valence-corrected chi connectivity index (χ3v) is 6.58. The van der Waals surface area contributed by atoms with Crippen molar-refractivity contribution >= 4 is 23.2 Å². The Labute approximate surface area is 201 Å². The van der Waals surface area contributed by atoms with Gasteiger partial charge in [-0.1, -0.05) is 59.1 Å². The van der Waals surface area contributed by atoms with Gasteiger partial charge in [-0.2, -0.15) is 0 Å². The Kier molecular flexibility index (Phi) is 8.28. The van der Waals surface area contributed by atoms with Crippen LogP contribution in [-0.2, 0) is 24.4 Å². The second-order valence-electron chi connectivity index (χ2n) is 8.52. The van der Waals surface area contributed by atoms with Gasteiger partial charge in [0.15, 0.2) is 0 Å². The minimum absolute atomic E-state index is 0.672. The zero-order chi connectivity index (χ0) is 22.3. The summed E-state index contributed by atoms with van der Waals surface area (Å²) in [6.07, 6.45) is 2.17. The largest absolute Gasteiger partial charge is 0.379 e. The summed E-state index contributed by atoms with van der Waals surface area (Å²) in [4.78, 5) is 4.96. The third kappa shape index (κ3) is 6.60. The molecule has 0 spiro atoms. The van der Waals surface area contributed by atoms with Crippen LogP contribution in [0.5, 0.6) is 0 Å². The highest BCUT2D eigenvalue weighted by Gasteiger charge is 2.16. The molecule has 1 aliphatic heterocycles. The first-order valence-corrected chi connectivity index (χ1v) is 12.0. The molecule has 1 aromatic heterocycles. The molecule has 2 aromatic carbocycles. The van der Waals surface area contributed by atoms with Crippen LogP contribution in [0.25, 0.3) is 0 Å². The van der Waals surface area contributed by atoms with Crippen LogP contribution >= 0.6 is 23.2 Å². The van der Waals surface area contributed by atoms with Gasteiger partial charge in [0.05, 0.1) is 13.2 Å². The Morgan fingerprint density at radius 1 is 0.969 bits per heavy atom. The molecule has 0 atom stereocenters. The molecule has 0 aliphatic carbocycles. The highest BCUT2D eigenvalue weighted by atomic mass is 35.5. The summed E-state index contributed by atoms with van der Waals surface area (Å²) in [7, 11) is 0. The second kappa shape index (κ2) is 11.4. The molecule has 1 fully saturated rings. The van der Waals surface area contributed by atoms with E-state index in [4.69, 9.17) is 27.9 Å². The lowest BCUT2D eigenvalue weighted by Gasteiger charge is -2.30. The molecule has 3 aromatic rings. The average molecular weight is 472 g/mol. The molecule has 4 nitrogen and oxygen atoms in total. The molecule has 6 heteroatoms. The Morgan fingerprint density at radius 2 is 1.81 bits per heavy atom. The first-order valence-electron chi connectivity index (χ1n) is 11.2. The van der Waals surface area contributed by atoms with Crippen LogP contribution in [0.1, 0.15) is 22.4 Å². The zero-order valence-electron chi connectivity index (χ0n) is 18.6. The molecular formula is C26H31Cl2N3O. The number of aromatic nitrogens is 1. The number of rotatable bonds is 9. The molecule has 2 heterocycles. The van der Waals surface area contributed by atoms with Gasteiger partial charge in [0, 0.05) is 67.7 Å². The molecule has 170 valence electrons. The van der Waals surface area contributed by atoms with Crippen molar-refractivity contribution in [1.29, 1.82) is 0 Å². The van der Waals surface area contributed by atoms with Gasteiger partial charge >= 0.3 is 0 Å². The Balaban J connectivity index is 1.48. The van der Waals surface area contributed by atoms with Crippen LogP contribution in [0.15, 0.2) is 60.8 Å². The van der Waals surface area contributed by atoms with Crippen LogP contribution in [0.3, 0.4) is 0 Å². The topological polar surface area (TPSA) is 20.6 Å². The average Bonchev–Trinajstić information content (AvgIpc) is 3.21. The minimum Gasteiger partial charge on any atom is -0.379 e. The minimum atomic E-state index is 0.672. The summed E-state index contributed by atoms with van der Waals surface area (Å²) in [6, 6.07) is 18.9. The fourth-order valence-electron chi connectivity index (χ4n) is 4.20. The van der Waals surface area contributed by atoms with Crippen molar-refractivity contribution in [1.82, 2.24) is 14.4 Å². The van der Waals surface area contributed by atoms with Gasteiger partial charge in [0.1, 0.15) is 0 Å². The van der Waals surface area contributed by atoms with E-state index in [1.54, 1.807) is 0 Å². The Morgan fingerprint density at radius 3 is 2.59 bits per heavy atom. The lowest BCUT2D eigenvalue weighted by Crippen LogP contribution is -2.41. The third-order valence-electron chi connectivity index (χ3n) is 5.99. The van der Waals surface area contributed by atoms with Crippen molar-refractivity contribution in [2.45, 2.75) is 26.6 Å². The van der Waals surface area contributed by atoms with Gasteiger partial charge in [-0.25, -0.2) is 0 Å². The van der Waals surface area contributed by atoms with E-state index < -0.39 is 0 Å². The quantitative estimate of drug-likeness (QED) is 0.411. The number of morpholine rings is 1. The lowest BCUT2D eigenvalue weighted by molar-refractivity contribution is 0.0324. The summed E-state index contributed by atoms with van der Waals surface area (Å²) in [6.45, 7) is 10.3. The lowest BCUT2D eigenvalue weighted by atomic mass is 10.1. The molecule has 4 rings (SSSR count). The molecule has 0 unspecified atom stereocenters.